The third kappa shape index (κ3) is 1.59. The Labute approximate surface area is 71.0 Å². The van der Waals surface area contributed by atoms with Crippen molar-refractivity contribution in [3.63, 3.8) is 0 Å². The molecule has 58 valence electrons. The zero-order valence-corrected chi connectivity index (χ0v) is 7.44. The van der Waals surface area contributed by atoms with Gasteiger partial charge in [0.1, 0.15) is 11.5 Å². The molecule has 1 fully saturated rings. The van der Waals surface area contributed by atoms with E-state index in [-0.39, 0.29) is 0 Å². The molecule has 0 aliphatic carbocycles. The van der Waals surface area contributed by atoms with E-state index >= 15 is 0 Å². The molecule has 0 bridgehead atoms. The van der Waals surface area contributed by atoms with E-state index in [9.17, 15) is 0 Å². The van der Waals surface area contributed by atoms with Crippen LogP contribution in [0.5, 0.6) is 0 Å². The molecule has 2 rings (SSSR count). The molecule has 0 spiro atoms. The fourth-order valence-corrected chi connectivity index (χ4v) is 3.83. The normalized spacial score (nSPS) is 18.9. The standard InChI is InChI=1S/C10H13S/c1-2-6-10(7-3-1)11-8-4-5-9-11/h1-3,6-7H,4-5,8-9H2/q+1. The summed E-state index contributed by atoms with van der Waals surface area (Å²) in [4.78, 5) is 1.57. The predicted molar refractivity (Wildman–Crippen MR) is 51.0 cm³/mol. The topological polar surface area (TPSA) is 0 Å². The minimum atomic E-state index is 0.609. The highest BCUT2D eigenvalue weighted by Crippen LogP contribution is 2.21. The van der Waals surface area contributed by atoms with E-state index in [1.54, 1.807) is 4.90 Å². The maximum absolute atomic E-state index is 2.27. The third-order valence-electron chi connectivity index (χ3n) is 2.11. The van der Waals surface area contributed by atoms with Gasteiger partial charge in [-0.05, 0) is 25.0 Å². The molecule has 0 nitrogen and oxygen atoms in total. The first-order chi connectivity index (χ1) is 5.47. The van der Waals surface area contributed by atoms with Gasteiger partial charge in [0.25, 0.3) is 0 Å². The predicted octanol–water partition coefficient (Wildman–Crippen LogP) is 2.46. The van der Waals surface area contributed by atoms with Crippen LogP contribution in [0.25, 0.3) is 0 Å². The molecule has 0 unspecified atom stereocenters. The van der Waals surface area contributed by atoms with Gasteiger partial charge in [0.2, 0.25) is 0 Å². The molecule has 1 heterocycles. The lowest BCUT2D eigenvalue weighted by Gasteiger charge is -1.97. The van der Waals surface area contributed by atoms with Gasteiger partial charge >= 0.3 is 0 Å². The largest absolute Gasteiger partial charge is 0.154 e. The molecular weight excluding hydrogens is 152 g/mol. The molecule has 1 aliphatic heterocycles. The number of rotatable bonds is 1. The second-order valence-corrected chi connectivity index (χ2v) is 5.19. The van der Waals surface area contributed by atoms with Crippen molar-refractivity contribution in [2.45, 2.75) is 17.7 Å². The summed E-state index contributed by atoms with van der Waals surface area (Å²) in [7, 11) is 0.609. The highest BCUT2D eigenvalue weighted by molar-refractivity contribution is 7.97. The first-order valence-corrected chi connectivity index (χ1v) is 5.76. The van der Waals surface area contributed by atoms with Crippen LogP contribution in [0.1, 0.15) is 12.8 Å². The Morgan fingerprint density at radius 2 is 1.55 bits per heavy atom. The maximum Gasteiger partial charge on any atom is 0.154 e. The van der Waals surface area contributed by atoms with Gasteiger partial charge in [0.15, 0.2) is 4.90 Å². The highest BCUT2D eigenvalue weighted by atomic mass is 32.2. The van der Waals surface area contributed by atoms with Gasteiger partial charge in [-0.15, -0.1) is 0 Å². The molecule has 1 heteroatoms. The Balaban J connectivity index is 2.16. The molecule has 0 saturated carbocycles. The summed E-state index contributed by atoms with van der Waals surface area (Å²) in [6, 6.07) is 11.0. The minimum Gasteiger partial charge on any atom is -0.0619 e. The summed E-state index contributed by atoms with van der Waals surface area (Å²) < 4.78 is 0. The number of benzene rings is 1. The van der Waals surface area contributed by atoms with Crippen LogP contribution in [0.4, 0.5) is 0 Å². The molecule has 1 aliphatic rings. The van der Waals surface area contributed by atoms with Crippen LogP contribution < -0.4 is 0 Å². The SMILES string of the molecule is c1ccc([S+]2CCCC2)cc1. The van der Waals surface area contributed by atoms with Gasteiger partial charge in [0, 0.05) is 10.9 Å². The van der Waals surface area contributed by atoms with Crippen LogP contribution >= 0.6 is 0 Å². The van der Waals surface area contributed by atoms with Crippen LogP contribution in [0, 0.1) is 0 Å². The first kappa shape index (κ1) is 7.23. The fourth-order valence-electron chi connectivity index (χ4n) is 1.50. The average molecular weight is 165 g/mol. The van der Waals surface area contributed by atoms with Crippen molar-refractivity contribution in [1.29, 1.82) is 0 Å². The second kappa shape index (κ2) is 3.31. The summed E-state index contributed by atoms with van der Waals surface area (Å²) in [5.41, 5.74) is 0. The molecule has 1 aromatic carbocycles. The Hall–Kier alpha value is -0.430. The van der Waals surface area contributed by atoms with E-state index < -0.39 is 0 Å². The first-order valence-electron chi connectivity index (χ1n) is 4.19. The van der Waals surface area contributed by atoms with E-state index in [0.29, 0.717) is 10.9 Å². The summed E-state index contributed by atoms with van der Waals surface area (Å²) in [5, 5.41) is 0. The highest BCUT2D eigenvalue weighted by Gasteiger charge is 2.25. The van der Waals surface area contributed by atoms with Crippen LogP contribution in [0.3, 0.4) is 0 Å². The van der Waals surface area contributed by atoms with E-state index in [4.69, 9.17) is 0 Å². The van der Waals surface area contributed by atoms with Gasteiger partial charge in [0.05, 0.1) is 0 Å². The zero-order chi connectivity index (χ0) is 7.52. The van der Waals surface area contributed by atoms with E-state index in [0.717, 1.165) is 0 Å². The van der Waals surface area contributed by atoms with Gasteiger partial charge in [-0.1, -0.05) is 18.2 Å². The smallest absolute Gasteiger partial charge is 0.0619 e. The summed E-state index contributed by atoms with van der Waals surface area (Å²) >= 11 is 0. The lowest BCUT2D eigenvalue weighted by molar-refractivity contribution is 0.949. The Kier molecular flexibility index (Phi) is 2.18. The molecule has 0 amide bonds. The minimum absolute atomic E-state index is 0.609. The van der Waals surface area contributed by atoms with Crippen molar-refractivity contribution < 1.29 is 0 Å². The zero-order valence-electron chi connectivity index (χ0n) is 6.62. The van der Waals surface area contributed by atoms with Crippen LogP contribution in [0.15, 0.2) is 35.2 Å². The van der Waals surface area contributed by atoms with Crippen LogP contribution in [-0.4, -0.2) is 11.5 Å². The average Bonchev–Trinajstić information content (AvgIpc) is 2.58. The molecule has 0 radical (unpaired) electrons. The van der Waals surface area contributed by atoms with Gasteiger partial charge in [-0.25, -0.2) is 0 Å². The molecule has 1 aromatic rings. The summed E-state index contributed by atoms with van der Waals surface area (Å²) in [6.45, 7) is 0. The molecule has 0 aromatic heterocycles. The van der Waals surface area contributed by atoms with E-state index in [1.165, 1.54) is 24.3 Å². The molecule has 1 saturated heterocycles. The molecule has 0 N–H and O–H groups in total. The Morgan fingerprint density at radius 3 is 2.18 bits per heavy atom. The lowest BCUT2D eigenvalue weighted by Crippen LogP contribution is -2.02. The van der Waals surface area contributed by atoms with Crippen molar-refractivity contribution in [2.75, 3.05) is 11.5 Å². The monoisotopic (exact) mass is 165 g/mol. The third-order valence-corrected chi connectivity index (χ3v) is 4.61. The van der Waals surface area contributed by atoms with Crippen molar-refractivity contribution in [2.24, 2.45) is 0 Å². The van der Waals surface area contributed by atoms with Crippen molar-refractivity contribution >= 4 is 10.9 Å². The Morgan fingerprint density at radius 1 is 0.909 bits per heavy atom. The van der Waals surface area contributed by atoms with Crippen LogP contribution in [-0.2, 0) is 10.9 Å². The van der Waals surface area contributed by atoms with Gasteiger partial charge in [-0.2, -0.15) is 0 Å². The summed E-state index contributed by atoms with van der Waals surface area (Å²) in [6.07, 6.45) is 2.88. The van der Waals surface area contributed by atoms with Gasteiger partial charge < -0.3 is 0 Å². The molecule has 11 heavy (non-hydrogen) atoms. The van der Waals surface area contributed by atoms with Crippen LogP contribution in [0.2, 0.25) is 0 Å². The molecular formula is C10H13S+. The summed E-state index contributed by atoms with van der Waals surface area (Å²) in [5.74, 6) is 2.87. The Bertz CT molecular complexity index is 212. The molecule has 0 atom stereocenters. The second-order valence-electron chi connectivity index (χ2n) is 2.92. The van der Waals surface area contributed by atoms with Crippen molar-refractivity contribution in [1.82, 2.24) is 0 Å². The van der Waals surface area contributed by atoms with Gasteiger partial charge in [-0.3, -0.25) is 0 Å². The fraction of sp³-hybridized carbons (Fsp3) is 0.400. The maximum atomic E-state index is 2.27. The van der Waals surface area contributed by atoms with Crippen molar-refractivity contribution in [3.05, 3.63) is 30.3 Å². The lowest BCUT2D eigenvalue weighted by atomic mass is 10.4. The number of hydrogen-bond acceptors (Lipinski definition) is 0. The number of hydrogen-bond donors (Lipinski definition) is 0. The van der Waals surface area contributed by atoms with Crippen molar-refractivity contribution in [3.8, 4) is 0 Å². The van der Waals surface area contributed by atoms with E-state index in [2.05, 4.69) is 30.3 Å². The van der Waals surface area contributed by atoms with E-state index in [1.807, 2.05) is 0 Å². The quantitative estimate of drug-likeness (QED) is 0.561.